The first-order valence-corrected chi connectivity index (χ1v) is 7.46. The van der Waals surface area contributed by atoms with Gasteiger partial charge in [-0.05, 0) is 24.8 Å². The molecule has 2 N–H and O–H groups in total. The molecule has 0 bridgehead atoms. The van der Waals surface area contributed by atoms with E-state index in [1.54, 1.807) is 24.3 Å². The number of hydrogen-bond acceptors (Lipinski definition) is 4. The summed E-state index contributed by atoms with van der Waals surface area (Å²) in [7, 11) is 0. The third kappa shape index (κ3) is 4.24. The number of halogens is 3. The number of rotatable bonds is 5. The molecule has 1 aliphatic rings. The molecule has 128 valence electrons. The van der Waals surface area contributed by atoms with E-state index in [9.17, 15) is 18.0 Å². The van der Waals surface area contributed by atoms with Crippen LogP contribution in [0.5, 0.6) is 0 Å². The van der Waals surface area contributed by atoms with E-state index in [0.29, 0.717) is 24.6 Å². The van der Waals surface area contributed by atoms with Crippen molar-refractivity contribution in [2.45, 2.75) is 31.5 Å². The van der Waals surface area contributed by atoms with Crippen molar-refractivity contribution in [2.24, 2.45) is 0 Å². The van der Waals surface area contributed by atoms with Gasteiger partial charge in [0, 0.05) is 18.2 Å². The molecule has 0 spiro atoms. The van der Waals surface area contributed by atoms with E-state index < -0.39 is 12.1 Å². The Kier molecular flexibility index (Phi) is 4.41. The van der Waals surface area contributed by atoms with Gasteiger partial charge in [0.2, 0.25) is 5.82 Å². The second kappa shape index (κ2) is 6.50. The van der Waals surface area contributed by atoms with Gasteiger partial charge in [-0.1, -0.05) is 29.4 Å². The quantitative estimate of drug-likeness (QED) is 0.877. The van der Waals surface area contributed by atoms with Crippen LogP contribution in [0.25, 0.3) is 11.4 Å². The molecule has 1 saturated carbocycles. The molecule has 0 unspecified atom stereocenters. The van der Waals surface area contributed by atoms with E-state index in [1.807, 2.05) is 0 Å². The van der Waals surface area contributed by atoms with Crippen LogP contribution in [-0.4, -0.2) is 28.8 Å². The summed E-state index contributed by atoms with van der Waals surface area (Å²) < 4.78 is 41.5. The Bertz CT molecular complexity index is 708. The van der Waals surface area contributed by atoms with Gasteiger partial charge in [0.05, 0.1) is 0 Å². The fourth-order valence-electron chi connectivity index (χ4n) is 2.06. The van der Waals surface area contributed by atoms with Crippen LogP contribution in [-0.2, 0) is 12.6 Å². The minimum Gasteiger partial charge on any atom is -0.338 e. The molecule has 0 aliphatic heterocycles. The lowest BCUT2D eigenvalue weighted by atomic mass is 10.1. The van der Waals surface area contributed by atoms with Crippen LogP contribution in [0.1, 0.15) is 24.3 Å². The minimum absolute atomic E-state index is 0.115. The molecule has 0 atom stereocenters. The summed E-state index contributed by atoms with van der Waals surface area (Å²) in [5, 5.41) is 8.90. The highest BCUT2D eigenvalue weighted by atomic mass is 19.4. The molecule has 0 radical (unpaired) electrons. The normalized spacial score (nSPS) is 14.5. The molecule has 1 aliphatic carbocycles. The number of carbonyl (C=O) groups excluding carboxylic acids is 1. The van der Waals surface area contributed by atoms with Gasteiger partial charge in [-0.25, -0.2) is 4.79 Å². The van der Waals surface area contributed by atoms with Crippen LogP contribution in [0.4, 0.5) is 18.0 Å². The van der Waals surface area contributed by atoms with Gasteiger partial charge in [0.25, 0.3) is 0 Å². The molecule has 6 nitrogen and oxygen atoms in total. The number of carbonyl (C=O) groups is 1. The number of nitrogens with one attached hydrogen (secondary N) is 2. The predicted molar refractivity (Wildman–Crippen MR) is 78.0 cm³/mol. The second-order valence-corrected chi connectivity index (χ2v) is 5.54. The third-order valence-corrected chi connectivity index (χ3v) is 3.49. The van der Waals surface area contributed by atoms with Crippen molar-refractivity contribution in [1.82, 2.24) is 20.8 Å². The molecule has 1 heterocycles. The molecule has 1 aromatic heterocycles. The highest BCUT2D eigenvalue weighted by Crippen LogP contribution is 2.29. The van der Waals surface area contributed by atoms with Crippen molar-refractivity contribution in [3.05, 3.63) is 35.7 Å². The molecule has 3 rings (SSSR count). The number of alkyl halides is 3. The number of benzene rings is 1. The second-order valence-electron chi connectivity index (χ2n) is 5.54. The van der Waals surface area contributed by atoms with Crippen molar-refractivity contribution in [3.8, 4) is 11.4 Å². The summed E-state index contributed by atoms with van der Waals surface area (Å²) in [6, 6.07) is 6.86. The standard InChI is InChI=1S/C15H15F3N4O2/c16-15(17,18)13-21-12(22-24-13)10-3-1-9(2-4-10)7-8-19-14(23)20-11-5-6-11/h1-4,11H,5-8H2,(H2,19,20,23). The highest BCUT2D eigenvalue weighted by molar-refractivity contribution is 5.74. The summed E-state index contributed by atoms with van der Waals surface area (Å²) in [6.07, 6.45) is -1.99. The minimum atomic E-state index is -4.65. The maximum absolute atomic E-state index is 12.4. The van der Waals surface area contributed by atoms with Crippen molar-refractivity contribution in [3.63, 3.8) is 0 Å². The number of nitrogens with zero attached hydrogens (tertiary/aromatic N) is 2. The van der Waals surface area contributed by atoms with Gasteiger partial charge in [0.15, 0.2) is 0 Å². The number of amides is 2. The fourth-order valence-corrected chi connectivity index (χ4v) is 2.06. The van der Waals surface area contributed by atoms with Crippen LogP contribution in [0.15, 0.2) is 28.8 Å². The van der Waals surface area contributed by atoms with Gasteiger partial charge in [-0.3, -0.25) is 0 Å². The van der Waals surface area contributed by atoms with E-state index in [0.717, 1.165) is 18.4 Å². The van der Waals surface area contributed by atoms with Crippen LogP contribution in [0, 0.1) is 0 Å². The zero-order valence-electron chi connectivity index (χ0n) is 12.6. The lowest BCUT2D eigenvalue weighted by Crippen LogP contribution is -2.37. The molecule has 9 heteroatoms. The molecule has 0 saturated heterocycles. The Balaban J connectivity index is 1.53. The number of aromatic nitrogens is 2. The Morgan fingerprint density at radius 3 is 2.54 bits per heavy atom. The lowest BCUT2D eigenvalue weighted by molar-refractivity contribution is -0.159. The molecular formula is C15H15F3N4O2. The Morgan fingerprint density at radius 1 is 1.25 bits per heavy atom. The molecule has 2 aromatic rings. The van der Waals surface area contributed by atoms with Gasteiger partial charge < -0.3 is 15.2 Å². The van der Waals surface area contributed by atoms with Crippen molar-refractivity contribution in [1.29, 1.82) is 0 Å². The van der Waals surface area contributed by atoms with E-state index >= 15 is 0 Å². The first kappa shape index (κ1) is 16.3. The van der Waals surface area contributed by atoms with Crippen LogP contribution >= 0.6 is 0 Å². The summed E-state index contributed by atoms with van der Waals surface area (Å²) in [5.74, 6) is -1.48. The zero-order valence-corrected chi connectivity index (χ0v) is 12.6. The topological polar surface area (TPSA) is 80.1 Å². The highest BCUT2D eigenvalue weighted by Gasteiger charge is 2.38. The third-order valence-electron chi connectivity index (χ3n) is 3.49. The smallest absolute Gasteiger partial charge is 0.338 e. The largest absolute Gasteiger partial charge is 0.471 e. The first-order chi connectivity index (χ1) is 11.4. The summed E-state index contributed by atoms with van der Waals surface area (Å²) >= 11 is 0. The maximum Gasteiger partial charge on any atom is 0.471 e. The zero-order chi connectivity index (χ0) is 17.2. The van der Waals surface area contributed by atoms with Crippen molar-refractivity contribution in [2.75, 3.05) is 6.54 Å². The van der Waals surface area contributed by atoms with Gasteiger partial charge in [-0.2, -0.15) is 18.2 Å². The summed E-state index contributed by atoms with van der Waals surface area (Å²) in [4.78, 5) is 14.8. The first-order valence-electron chi connectivity index (χ1n) is 7.46. The molecule has 1 aromatic carbocycles. The van der Waals surface area contributed by atoms with E-state index in [-0.39, 0.29) is 11.9 Å². The Morgan fingerprint density at radius 2 is 1.96 bits per heavy atom. The summed E-state index contributed by atoms with van der Waals surface area (Å²) in [5.41, 5.74) is 1.36. The average Bonchev–Trinajstić information content (AvgIpc) is 3.18. The Labute approximate surface area is 135 Å². The van der Waals surface area contributed by atoms with Crippen molar-refractivity contribution >= 4 is 6.03 Å². The number of hydrogen-bond donors (Lipinski definition) is 2. The number of urea groups is 1. The molecule has 24 heavy (non-hydrogen) atoms. The molecule has 1 fully saturated rings. The van der Waals surface area contributed by atoms with E-state index in [1.165, 1.54) is 0 Å². The molecule has 2 amide bonds. The lowest BCUT2D eigenvalue weighted by Gasteiger charge is -2.06. The van der Waals surface area contributed by atoms with Gasteiger partial charge >= 0.3 is 18.1 Å². The summed E-state index contributed by atoms with van der Waals surface area (Å²) in [6.45, 7) is 0.471. The van der Waals surface area contributed by atoms with Crippen molar-refractivity contribution < 1.29 is 22.5 Å². The SMILES string of the molecule is O=C(NCCc1ccc(-c2noc(C(F)(F)F)n2)cc1)NC1CC1. The Hall–Kier alpha value is -2.58. The van der Waals surface area contributed by atoms with E-state index in [4.69, 9.17) is 0 Å². The predicted octanol–water partition coefficient (Wildman–Crippen LogP) is 2.76. The van der Waals surface area contributed by atoms with E-state index in [2.05, 4.69) is 25.3 Å². The van der Waals surface area contributed by atoms with Crippen LogP contribution < -0.4 is 10.6 Å². The van der Waals surface area contributed by atoms with Gasteiger partial charge in [-0.15, -0.1) is 0 Å². The monoisotopic (exact) mass is 340 g/mol. The van der Waals surface area contributed by atoms with Gasteiger partial charge in [0.1, 0.15) is 0 Å². The van der Waals surface area contributed by atoms with Crippen LogP contribution in [0.2, 0.25) is 0 Å². The molecular weight excluding hydrogens is 325 g/mol. The maximum atomic E-state index is 12.4. The fraction of sp³-hybridized carbons (Fsp3) is 0.400. The average molecular weight is 340 g/mol. The van der Waals surface area contributed by atoms with Crippen LogP contribution in [0.3, 0.4) is 0 Å².